The number of amides is 1. The molecule has 0 spiro atoms. The first kappa shape index (κ1) is 18.0. The van der Waals surface area contributed by atoms with Crippen molar-refractivity contribution in [3.05, 3.63) is 41.3 Å². The zero-order chi connectivity index (χ0) is 17.4. The van der Waals surface area contributed by atoms with E-state index in [1.807, 2.05) is 0 Å². The lowest BCUT2D eigenvalue weighted by atomic mass is 10.2. The first-order chi connectivity index (χ1) is 11.6. The second kappa shape index (κ2) is 9.08. The fraction of sp³-hybridized carbons (Fsp3) is 0.353. The minimum Gasteiger partial charge on any atom is -0.495 e. The first-order valence-corrected chi connectivity index (χ1v) is 8.22. The maximum absolute atomic E-state index is 12.1. The molecule has 2 N–H and O–H groups in total. The molecule has 1 aromatic carbocycles. The van der Waals surface area contributed by atoms with Crippen molar-refractivity contribution in [3.8, 4) is 5.75 Å². The minimum absolute atomic E-state index is 0.213. The standard InChI is InChI=1S/C17H21ClN4O2/c1-3-4-5-8-19-17(23)14-10-16(21-11-20-14)22-13-9-12(18)6-7-15(13)24-2/h6-7,9-11H,3-5,8H2,1-2H3,(H,19,23)(H,20,21,22). The number of aromatic nitrogens is 2. The van der Waals surface area contributed by atoms with E-state index in [9.17, 15) is 4.79 Å². The van der Waals surface area contributed by atoms with Gasteiger partial charge in [0.2, 0.25) is 0 Å². The van der Waals surface area contributed by atoms with Crippen LogP contribution >= 0.6 is 11.6 Å². The van der Waals surface area contributed by atoms with Gasteiger partial charge in [-0.15, -0.1) is 0 Å². The molecule has 0 radical (unpaired) electrons. The number of hydrogen-bond acceptors (Lipinski definition) is 5. The number of nitrogens with one attached hydrogen (secondary N) is 2. The van der Waals surface area contributed by atoms with Gasteiger partial charge in [-0.05, 0) is 24.6 Å². The molecule has 0 saturated carbocycles. The van der Waals surface area contributed by atoms with Crippen LogP contribution in [0.3, 0.4) is 0 Å². The van der Waals surface area contributed by atoms with E-state index in [-0.39, 0.29) is 5.91 Å². The van der Waals surface area contributed by atoms with Crippen LogP contribution in [0.2, 0.25) is 5.02 Å². The van der Waals surface area contributed by atoms with E-state index in [2.05, 4.69) is 27.5 Å². The van der Waals surface area contributed by atoms with E-state index in [0.29, 0.717) is 34.5 Å². The molecule has 7 heteroatoms. The van der Waals surface area contributed by atoms with E-state index in [0.717, 1.165) is 19.3 Å². The number of benzene rings is 1. The summed E-state index contributed by atoms with van der Waals surface area (Å²) in [6.45, 7) is 2.76. The molecule has 0 saturated heterocycles. The van der Waals surface area contributed by atoms with E-state index >= 15 is 0 Å². The number of halogens is 1. The number of anilines is 2. The van der Waals surface area contributed by atoms with E-state index in [4.69, 9.17) is 16.3 Å². The summed E-state index contributed by atoms with van der Waals surface area (Å²) in [6, 6.07) is 6.82. The van der Waals surface area contributed by atoms with E-state index in [1.165, 1.54) is 6.33 Å². The third kappa shape index (κ3) is 5.09. The molecule has 2 aromatic rings. The Balaban J connectivity index is 2.07. The Morgan fingerprint density at radius 3 is 2.83 bits per heavy atom. The molecule has 0 aliphatic heterocycles. The summed E-state index contributed by atoms with van der Waals surface area (Å²) in [5.41, 5.74) is 0.975. The summed E-state index contributed by atoms with van der Waals surface area (Å²) in [4.78, 5) is 20.3. The van der Waals surface area contributed by atoms with Gasteiger partial charge in [0.1, 0.15) is 23.6 Å². The molecule has 1 heterocycles. The zero-order valence-electron chi connectivity index (χ0n) is 13.8. The molecule has 24 heavy (non-hydrogen) atoms. The predicted octanol–water partition coefficient (Wildman–Crippen LogP) is 3.80. The molecular formula is C17H21ClN4O2. The van der Waals surface area contributed by atoms with Gasteiger partial charge in [0, 0.05) is 17.6 Å². The summed E-state index contributed by atoms with van der Waals surface area (Å²) >= 11 is 6.01. The highest BCUT2D eigenvalue weighted by Crippen LogP contribution is 2.29. The second-order valence-electron chi connectivity index (χ2n) is 5.22. The summed E-state index contributed by atoms with van der Waals surface area (Å²) in [6.07, 6.45) is 4.50. The molecular weight excluding hydrogens is 328 g/mol. The van der Waals surface area contributed by atoms with Crippen LogP contribution in [-0.4, -0.2) is 29.5 Å². The van der Waals surface area contributed by atoms with E-state index in [1.54, 1.807) is 31.4 Å². The van der Waals surface area contributed by atoms with Crippen LogP contribution in [0.15, 0.2) is 30.6 Å². The highest BCUT2D eigenvalue weighted by atomic mass is 35.5. The van der Waals surface area contributed by atoms with Crippen molar-refractivity contribution in [2.45, 2.75) is 26.2 Å². The number of unbranched alkanes of at least 4 members (excludes halogenated alkanes) is 2. The molecule has 0 fully saturated rings. The lowest BCUT2D eigenvalue weighted by Crippen LogP contribution is -2.25. The van der Waals surface area contributed by atoms with Gasteiger partial charge in [0.25, 0.3) is 5.91 Å². The number of rotatable bonds is 8. The van der Waals surface area contributed by atoms with Crippen LogP contribution in [0.1, 0.15) is 36.7 Å². The van der Waals surface area contributed by atoms with Crippen molar-refractivity contribution >= 4 is 29.0 Å². The molecule has 0 bridgehead atoms. The van der Waals surface area contributed by atoms with Gasteiger partial charge in [-0.3, -0.25) is 4.79 Å². The Morgan fingerprint density at radius 2 is 2.08 bits per heavy atom. The zero-order valence-corrected chi connectivity index (χ0v) is 14.6. The van der Waals surface area contributed by atoms with Crippen molar-refractivity contribution < 1.29 is 9.53 Å². The Kier molecular flexibility index (Phi) is 6.81. The van der Waals surface area contributed by atoms with Crippen molar-refractivity contribution in [2.24, 2.45) is 0 Å². The molecule has 0 aliphatic rings. The Hall–Kier alpha value is -2.34. The second-order valence-corrected chi connectivity index (χ2v) is 5.66. The third-order valence-electron chi connectivity index (χ3n) is 3.39. The number of methoxy groups -OCH3 is 1. The molecule has 0 atom stereocenters. The number of ether oxygens (including phenoxy) is 1. The van der Waals surface area contributed by atoms with Gasteiger partial charge < -0.3 is 15.4 Å². The summed E-state index contributed by atoms with van der Waals surface area (Å²) in [7, 11) is 1.57. The first-order valence-electron chi connectivity index (χ1n) is 7.85. The maximum Gasteiger partial charge on any atom is 0.270 e. The largest absolute Gasteiger partial charge is 0.495 e. The quantitative estimate of drug-likeness (QED) is 0.709. The molecule has 6 nitrogen and oxygen atoms in total. The van der Waals surface area contributed by atoms with Gasteiger partial charge in [0.15, 0.2) is 0 Å². The van der Waals surface area contributed by atoms with Gasteiger partial charge in [0.05, 0.1) is 12.8 Å². The lowest BCUT2D eigenvalue weighted by molar-refractivity contribution is 0.0948. The topological polar surface area (TPSA) is 76.1 Å². The summed E-state index contributed by atoms with van der Waals surface area (Å²) in [5, 5.41) is 6.52. The van der Waals surface area contributed by atoms with Gasteiger partial charge in [-0.2, -0.15) is 0 Å². The number of hydrogen-bond donors (Lipinski definition) is 2. The monoisotopic (exact) mass is 348 g/mol. The van der Waals surface area contributed by atoms with Crippen LogP contribution in [0.4, 0.5) is 11.5 Å². The highest BCUT2D eigenvalue weighted by molar-refractivity contribution is 6.31. The van der Waals surface area contributed by atoms with Crippen LogP contribution in [0, 0.1) is 0 Å². The van der Waals surface area contributed by atoms with Gasteiger partial charge >= 0.3 is 0 Å². The smallest absolute Gasteiger partial charge is 0.270 e. The summed E-state index contributed by atoms with van der Waals surface area (Å²) < 4.78 is 5.28. The fourth-order valence-corrected chi connectivity index (χ4v) is 2.31. The minimum atomic E-state index is -0.213. The number of carbonyl (C=O) groups excluding carboxylic acids is 1. The Morgan fingerprint density at radius 1 is 1.25 bits per heavy atom. The SMILES string of the molecule is CCCCCNC(=O)c1cc(Nc2cc(Cl)ccc2OC)ncn1. The van der Waals surface area contributed by atoms with Crippen molar-refractivity contribution in [1.82, 2.24) is 15.3 Å². The predicted molar refractivity (Wildman–Crippen MR) is 95.2 cm³/mol. The molecule has 2 rings (SSSR count). The Labute approximate surface area is 146 Å². The van der Waals surface area contributed by atoms with Crippen molar-refractivity contribution in [3.63, 3.8) is 0 Å². The van der Waals surface area contributed by atoms with Crippen molar-refractivity contribution in [1.29, 1.82) is 0 Å². The maximum atomic E-state index is 12.1. The molecule has 1 amide bonds. The molecule has 0 aliphatic carbocycles. The average Bonchev–Trinajstić information content (AvgIpc) is 2.59. The molecule has 1 aromatic heterocycles. The third-order valence-corrected chi connectivity index (χ3v) is 3.62. The summed E-state index contributed by atoms with van der Waals surface area (Å²) in [5.74, 6) is 0.905. The van der Waals surface area contributed by atoms with Gasteiger partial charge in [-0.25, -0.2) is 9.97 Å². The molecule has 128 valence electrons. The number of nitrogens with zero attached hydrogens (tertiary/aromatic N) is 2. The van der Waals surface area contributed by atoms with Crippen molar-refractivity contribution in [2.75, 3.05) is 19.0 Å². The van der Waals surface area contributed by atoms with Crippen LogP contribution in [0.25, 0.3) is 0 Å². The highest BCUT2D eigenvalue weighted by Gasteiger charge is 2.10. The normalized spacial score (nSPS) is 10.3. The number of carbonyl (C=O) groups is 1. The molecule has 0 unspecified atom stereocenters. The average molecular weight is 349 g/mol. The van der Waals surface area contributed by atoms with Crippen LogP contribution < -0.4 is 15.4 Å². The Bertz CT molecular complexity index is 694. The van der Waals surface area contributed by atoms with E-state index < -0.39 is 0 Å². The van der Waals surface area contributed by atoms with Gasteiger partial charge in [-0.1, -0.05) is 31.4 Å². The fourth-order valence-electron chi connectivity index (χ4n) is 2.13. The van der Waals surface area contributed by atoms with Crippen LogP contribution in [0.5, 0.6) is 5.75 Å². The lowest BCUT2D eigenvalue weighted by Gasteiger charge is -2.11. The van der Waals surface area contributed by atoms with Crippen LogP contribution in [-0.2, 0) is 0 Å².